The molecule has 0 saturated heterocycles. The zero-order valence-electron chi connectivity index (χ0n) is 50.2. The van der Waals surface area contributed by atoms with Crippen molar-refractivity contribution in [3.63, 3.8) is 0 Å². The van der Waals surface area contributed by atoms with Gasteiger partial charge in [0, 0.05) is 12.8 Å². The summed E-state index contributed by atoms with van der Waals surface area (Å²) in [5, 5.41) is 3.04. The van der Waals surface area contributed by atoms with Gasteiger partial charge in [-0.15, -0.1) is 0 Å². The molecule has 0 aromatic rings. The third-order valence-electron chi connectivity index (χ3n) is 13.6. The molecule has 2 N–H and O–H groups in total. The SMILES string of the molecule is CC/C=C/C/C=C/C/C=C/CCCCCCC(=O)NC(COP(=O)(O)OCC[N+](C)(C)C)C(/C=C\CCCCCCCCCCCCC)OC(=O)CCCCCCCCCCCC/C=C\C/C=C\C/C=C\CCCCC. The molecule has 3 unspecified atom stereocenters. The van der Waals surface area contributed by atoms with Gasteiger partial charge in [-0.05, 0) is 102 Å². The van der Waals surface area contributed by atoms with Gasteiger partial charge in [0.25, 0.3) is 0 Å². The first-order valence-corrected chi connectivity index (χ1v) is 32.9. The van der Waals surface area contributed by atoms with E-state index in [0.29, 0.717) is 17.4 Å². The molecule has 0 bridgehead atoms. The second kappa shape index (κ2) is 55.5. The van der Waals surface area contributed by atoms with Crippen LogP contribution in [-0.4, -0.2) is 74.3 Å². The number of rotatable bonds is 56. The Balaban J connectivity index is 5.24. The zero-order valence-corrected chi connectivity index (χ0v) is 51.1. The summed E-state index contributed by atoms with van der Waals surface area (Å²) in [5.74, 6) is -0.535. The number of phosphoric ester groups is 1. The number of carbonyl (C=O) groups is 2. The lowest BCUT2D eigenvalue weighted by atomic mass is 10.0. The van der Waals surface area contributed by atoms with E-state index < -0.39 is 20.0 Å². The summed E-state index contributed by atoms with van der Waals surface area (Å²) in [6.45, 7) is 6.86. The first-order valence-electron chi connectivity index (χ1n) is 31.4. The quantitative estimate of drug-likeness (QED) is 0.0205. The van der Waals surface area contributed by atoms with Gasteiger partial charge >= 0.3 is 13.8 Å². The van der Waals surface area contributed by atoms with Gasteiger partial charge in [0.1, 0.15) is 19.3 Å². The molecule has 0 aliphatic carbocycles. The van der Waals surface area contributed by atoms with Crippen LogP contribution in [0.1, 0.15) is 271 Å². The molecule has 0 rings (SSSR count). The molecule has 0 fully saturated rings. The van der Waals surface area contributed by atoms with E-state index in [4.69, 9.17) is 13.8 Å². The zero-order chi connectivity index (χ0) is 55.7. The van der Waals surface area contributed by atoms with Crippen LogP contribution in [0.15, 0.2) is 85.1 Å². The lowest BCUT2D eigenvalue weighted by molar-refractivity contribution is -0.870. The van der Waals surface area contributed by atoms with Crippen LogP contribution in [0.4, 0.5) is 0 Å². The number of ether oxygens (including phenoxy) is 1. The monoisotopic (exact) mass is 1080 g/mol. The molecule has 10 heteroatoms. The van der Waals surface area contributed by atoms with Crippen molar-refractivity contribution in [2.75, 3.05) is 40.9 Å². The summed E-state index contributed by atoms with van der Waals surface area (Å²) in [5.41, 5.74) is 0. The first kappa shape index (κ1) is 73.2. The standard InChI is InChI=1S/C66H119N2O7P/c1-7-10-13-16-19-22-25-28-30-31-32-33-34-35-36-37-38-41-44-47-50-53-56-59-66(70)75-64(57-54-51-48-45-42-39-27-24-21-18-15-12-9-3)63(62-74-76(71,72)73-61-60-68(4,5)6)67-65(69)58-55-52-49-46-43-40-29-26-23-20-17-14-11-8-2/h11,14,19-20,22-23,28-30,32-33,40,54,57,63-64H,7-10,12-13,15-18,21,24-27,31,34-39,41-53,55-56,58-62H2,1-6H3,(H-,67,69,71,72)/p+1/b14-11+,22-19-,23-20+,30-28-,33-32-,40-29+,57-54-. The van der Waals surface area contributed by atoms with Gasteiger partial charge in [-0.2, -0.15) is 0 Å². The molecule has 76 heavy (non-hydrogen) atoms. The normalized spacial score (nSPS) is 14.2. The van der Waals surface area contributed by atoms with Crippen LogP contribution in [0.5, 0.6) is 0 Å². The Kier molecular flexibility index (Phi) is 53.5. The smallest absolute Gasteiger partial charge is 0.456 e. The minimum absolute atomic E-state index is 0.0319. The van der Waals surface area contributed by atoms with E-state index in [1.807, 2.05) is 33.3 Å². The number of unbranched alkanes of at least 4 members (excludes halogenated alkanes) is 28. The molecule has 0 spiro atoms. The van der Waals surface area contributed by atoms with E-state index in [9.17, 15) is 19.0 Å². The van der Waals surface area contributed by atoms with E-state index in [2.05, 4.69) is 99.0 Å². The van der Waals surface area contributed by atoms with Crippen molar-refractivity contribution in [2.45, 2.75) is 283 Å². The van der Waals surface area contributed by atoms with Gasteiger partial charge < -0.3 is 19.4 Å². The second-order valence-electron chi connectivity index (χ2n) is 22.2. The molecule has 9 nitrogen and oxygen atoms in total. The Morgan fingerprint density at radius 3 is 1.29 bits per heavy atom. The van der Waals surface area contributed by atoms with E-state index in [-0.39, 0.29) is 31.5 Å². The first-order chi connectivity index (χ1) is 36.9. The predicted octanol–water partition coefficient (Wildman–Crippen LogP) is 19.4. The Morgan fingerprint density at radius 2 is 0.842 bits per heavy atom. The number of nitrogens with one attached hydrogen (secondary N) is 1. The molecule has 0 aliphatic rings. The fraction of sp³-hybridized carbons (Fsp3) is 0.758. The van der Waals surface area contributed by atoms with Gasteiger partial charge in [-0.1, -0.05) is 241 Å². The summed E-state index contributed by atoms with van der Waals surface area (Å²) in [6.07, 6.45) is 72.9. The van der Waals surface area contributed by atoms with Crippen LogP contribution in [0.25, 0.3) is 0 Å². The average molecular weight is 1080 g/mol. The van der Waals surface area contributed by atoms with Crippen LogP contribution in [-0.2, 0) is 27.9 Å². The molecular formula is C66H120N2O7P+. The molecule has 0 aliphatic heterocycles. The molecule has 0 aromatic heterocycles. The molecule has 0 radical (unpaired) electrons. The van der Waals surface area contributed by atoms with Crippen LogP contribution in [0.3, 0.4) is 0 Å². The largest absolute Gasteiger partial charge is 0.472 e. The lowest BCUT2D eigenvalue weighted by Gasteiger charge is -2.27. The number of amides is 1. The van der Waals surface area contributed by atoms with Crippen molar-refractivity contribution < 1.29 is 37.3 Å². The van der Waals surface area contributed by atoms with E-state index in [1.165, 1.54) is 135 Å². The van der Waals surface area contributed by atoms with Crippen molar-refractivity contribution >= 4 is 19.7 Å². The summed E-state index contributed by atoms with van der Waals surface area (Å²) in [7, 11) is 1.47. The van der Waals surface area contributed by atoms with Gasteiger partial charge in [0.05, 0.1) is 33.8 Å². The van der Waals surface area contributed by atoms with Crippen LogP contribution in [0.2, 0.25) is 0 Å². The third kappa shape index (κ3) is 55.9. The number of carbonyl (C=O) groups excluding carboxylic acids is 2. The average Bonchev–Trinajstić information content (AvgIpc) is 3.38. The fourth-order valence-corrected chi connectivity index (χ4v) is 9.46. The van der Waals surface area contributed by atoms with Crippen molar-refractivity contribution in [3.8, 4) is 0 Å². The number of quaternary nitrogens is 1. The minimum Gasteiger partial charge on any atom is -0.456 e. The van der Waals surface area contributed by atoms with Crippen LogP contribution in [0, 0.1) is 0 Å². The summed E-state index contributed by atoms with van der Waals surface area (Å²) in [4.78, 5) is 37.7. The molecule has 3 atom stereocenters. The highest BCUT2D eigenvalue weighted by Crippen LogP contribution is 2.43. The fourth-order valence-electron chi connectivity index (χ4n) is 8.73. The molecular weight excluding hydrogens is 964 g/mol. The van der Waals surface area contributed by atoms with Crippen LogP contribution < -0.4 is 5.32 Å². The van der Waals surface area contributed by atoms with Gasteiger partial charge in [-0.3, -0.25) is 18.6 Å². The molecule has 0 aromatic carbocycles. The minimum atomic E-state index is -4.46. The van der Waals surface area contributed by atoms with E-state index >= 15 is 0 Å². The summed E-state index contributed by atoms with van der Waals surface area (Å²) < 4.78 is 30.7. The number of esters is 1. The predicted molar refractivity (Wildman–Crippen MR) is 328 cm³/mol. The van der Waals surface area contributed by atoms with E-state index in [0.717, 1.165) is 103 Å². The van der Waals surface area contributed by atoms with Crippen LogP contribution >= 0.6 is 7.82 Å². The maximum Gasteiger partial charge on any atom is 0.472 e. The maximum absolute atomic E-state index is 13.5. The highest BCUT2D eigenvalue weighted by molar-refractivity contribution is 7.47. The van der Waals surface area contributed by atoms with Crippen molar-refractivity contribution in [2.24, 2.45) is 0 Å². The van der Waals surface area contributed by atoms with Crippen molar-refractivity contribution in [3.05, 3.63) is 85.1 Å². The number of phosphoric acid groups is 1. The Morgan fingerprint density at radius 1 is 0.474 bits per heavy atom. The Hall–Kier alpha value is -2.81. The number of hydrogen-bond acceptors (Lipinski definition) is 6. The summed E-state index contributed by atoms with van der Waals surface area (Å²) >= 11 is 0. The topological polar surface area (TPSA) is 111 Å². The highest BCUT2D eigenvalue weighted by atomic mass is 31.2. The number of hydrogen-bond donors (Lipinski definition) is 2. The third-order valence-corrected chi connectivity index (χ3v) is 14.6. The molecule has 0 saturated carbocycles. The number of allylic oxidation sites excluding steroid dienone is 13. The second-order valence-corrected chi connectivity index (χ2v) is 23.6. The maximum atomic E-state index is 13.5. The van der Waals surface area contributed by atoms with Crippen molar-refractivity contribution in [1.82, 2.24) is 5.32 Å². The van der Waals surface area contributed by atoms with E-state index in [1.54, 1.807) is 0 Å². The number of nitrogens with zero attached hydrogens (tertiary/aromatic N) is 1. The van der Waals surface area contributed by atoms with Crippen molar-refractivity contribution in [1.29, 1.82) is 0 Å². The number of likely N-dealkylation sites (N-methyl/N-ethyl adjacent to an activating group) is 1. The lowest BCUT2D eigenvalue weighted by Crippen LogP contribution is -2.47. The van der Waals surface area contributed by atoms with Gasteiger partial charge in [0.2, 0.25) is 5.91 Å². The highest BCUT2D eigenvalue weighted by Gasteiger charge is 2.30. The Bertz CT molecular complexity index is 1580. The Labute approximate surface area is 469 Å². The molecule has 0 heterocycles. The van der Waals surface area contributed by atoms with Gasteiger partial charge in [0.15, 0.2) is 0 Å². The molecule has 1 amide bonds. The summed E-state index contributed by atoms with van der Waals surface area (Å²) in [6, 6.07) is -0.865. The molecule has 440 valence electrons. The van der Waals surface area contributed by atoms with Gasteiger partial charge in [-0.25, -0.2) is 4.57 Å².